The van der Waals surface area contributed by atoms with Crippen molar-refractivity contribution < 1.29 is 41.2 Å². The van der Waals surface area contributed by atoms with Crippen LogP contribution in [0.15, 0.2) is 48.7 Å². The van der Waals surface area contributed by atoms with Crippen molar-refractivity contribution in [2.75, 3.05) is 13.6 Å². The normalized spacial score (nSPS) is 18.6. The van der Waals surface area contributed by atoms with E-state index in [1.807, 2.05) is 0 Å². The number of rotatable bonds is 8. The summed E-state index contributed by atoms with van der Waals surface area (Å²) < 4.78 is 70.1. The average Bonchev–Trinajstić information content (AvgIpc) is 3.66. The lowest BCUT2D eigenvalue weighted by atomic mass is 9.90. The number of aryl methyl sites for hydroxylation is 1. The van der Waals surface area contributed by atoms with Gasteiger partial charge in [-0.3, -0.25) is 24.4 Å². The summed E-state index contributed by atoms with van der Waals surface area (Å²) in [6.45, 7) is -0.988. The Labute approximate surface area is 247 Å². The highest BCUT2D eigenvalue weighted by atomic mass is 19.4. The lowest BCUT2D eigenvalue weighted by Crippen LogP contribution is -2.51. The van der Waals surface area contributed by atoms with E-state index in [0.717, 1.165) is 19.1 Å². The third kappa shape index (κ3) is 5.26. The first-order valence-electron chi connectivity index (χ1n) is 13.6. The van der Waals surface area contributed by atoms with Gasteiger partial charge in [-0.25, -0.2) is 9.18 Å². The Balaban J connectivity index is 1.41. The number of fused-ring (bicyclic) bond motifs is 2. The maximum absolute atomic E-state index is 15.7. The molecule has 15 heteroatoms. The predicted octanol–water partition coefficient (Wildman–Crippen LogP) is 3.77. The number of amides is 5. The fourth-order valence-corrected chi connectivity index (χ4v) is 5.63. The molecule has 1 aliphatic heterocycles. The van der Waals surface area contributed by atoms with Gasteiger partial charge in [0.05, 0.1) is 18.3 Å². The number of hydrogen-bond donors (Lipinski definition) is 2. The molecule has 1 aromatic heterocycles. The summed E-state index contributed by atoms with van der Waals surface area (Å²) in [6.07, 6.45) is -3.31. The quantitative estimate of drug-likeness (QED) is 0.227. The SMILES string of the molecule is CNC(=O)Cc1[nH]ncc1-c1ccc2c(c1)CC[C@@]21C(=O)N(CC(=O)N(Cc2ccc(F)cc2)[C@@H](C)C(F)(F)F)C(=O)N1F. The van der Waals surface area contributed by atoms with Crippen molar-refractivity contribution >= 4 is 23.8 Å². The van der Waals surface area contributed by atoms with Gasteiger partial charge in [0.25, 0.3) is 5.91 Å². The van der Waals surface area contributed by atoms with Crippen LogP contribution < -0.4 is 5.32 Å². The van der Waals surface area contributed by atoms with E-state index in [2.05, 4.69) is 15.5 Å². The van der Waals surface area contributed by atoms with Crippen LogP contribution in [0.3, 0.4) is 0 Å². The van der Waals surface area contributed by atoms with E-state index in [0.29, 0.717) is 32.2 Å². The van der Waals surface area contributed by atoms with Crippen LogP contribution in [0.5, 0.6) is 0 Å². The Morgan fingerprint density at radius 1 is 1.16 bits per heavy atom. The highest BCUT2D eigenvalue weighted by Gasteiger charge is 2.62. The third-order valence-corrected chi connectivity index (χ3v) is 8.11. The Kier molecular flexibility index (Phi) is 7.90. The minimum atomic E-state index is -4.86. The standard InChI is InChI=1S/C29H27F5N6O4/c1-16(29(31,32)33)38(14-17-3-6-20(30)7-4-17)25(42)15-39-26(43)28(40(34)27(39)44)10-9-19-11-18(5-8-22(19)28)21-13-36-37-23(21)12-24(41)35-2/h3-8,11,13,16H,9-10,12,14-15H2,1-2H3,(H,35,41)(H,36,37)/t16-,28-/m0/s1. The number of H-pyrrole nitrogens is 1. The summed E-state index contributed by atoms with van der Waals surface area (Å²) in [7, 11) is 1.49. The van der Waals surface area contributed by atoms with Gasteiger partial charge in [0.1, 0.15) is 18.4 Å². The van der Waals surface area contributed by atoms with Crippen molar-refractivity contribution in [3.05, 3.63) is 76.9 Å². The summed E-state index contributed by atoms with van der Waals surface area (Å²) >= 11 is 0. The molecule has 232 valence electrons. The number of halogens is 5. The van der Waals surface area contributed by atoms with E-state index in [1.165, 1.54) is 31.4 Å². The van der Waals surface area contributed by atoms with Crippen LogP contribution in [0.2, 0.25) is 0 Å². The highest BCUT2D eigenvalue weighted by Crippen LogP contribution is 2.48. The maximum atomic E-state index is 15.7. The smallest absolute Gasteiger partial charge is 0.359 e. The molecule has 0 radical (unpaired) electrons. The second-order valence-corrected chi connectivity index (χ2v) is 10.7. The number of carbonyl (C=O) groups excluding carboxylic acids is 4. The zero-order valence-corrected chi connectivity index (χ0v) is 23.5. The number of aromatic nitrogens is 2. The molecule has 44 heavy (non-hydrogen) atoms. The van der Waals surface area contributed by atoms with Crippen LogP contribution in [0, 0.1) is 5.82 Å². The maximum Gasteiger partial charge on any atom is 0.408 e. The van der Waals surface area contributed by atoms with Crippen LogP contribution >= 0.6 is 0 Å². The van der Waals surface area contributed by atoms with Gasteiger partial charge in [0.15, 0.2) is 5.54 Å². The molecule has 3 aromatic rings. The average molecular weight is 619 g/mol. The van der Waals surface area contributed by atoms with Gasteiger partial charge in [-0.2, -0.15) is 18.3 Å². The minimum Gasteiger partial charge on any atom is -0.359 e. The van der Waals surface area contributed by atoms with Gasteiger partial charge in [0.2, 0.25) is 11.8 Å². The number of urea groups is 1. The van der Waals surface area contributed by atoms with Gasteiger partial charge in [-0.15, -0.1) is 5.12 Å². The molecule has 2 aromatic carbocycles. The summed E-state index contributed by atoms with van der Waals surface area (Å²) in [6, 6.07) is 5.41. The molecule has 1 aliphatic carbocycles. The van der Waals surface area contributed by atoms with Crippen LogP contribution in [0.25, 0.3) is 11.1 Å². The van der Waals surface area contributed by atoms with E-state index < -0.39 is 54.5 Å². The van der Waals surface area contributed by atoms with E-state index in [-0.39, 0.29) is 41.4 Å². The number of hydrogen-bond acceptors (Lipinski definition) is 5. The van der Waals surface area contributed by atoms with E-state index in [4.69, 9.17) is 0 Å². The predicted molar refractivity (Wildman–Crippen MR) is 144 cm³/mol. The molecule has 0 bridgehead atoms. The van der Waals surface area contributed by atoms with Crippen LogP contribution in [-0.4, -0.2) is 74.7 Å². The van der Waals surface area contributed by atoms with Crippen molar-refractivity contribution in [2.24, 2.45) is 0 Å². The molecule has 1 saturated heterocycles. The fraction of sp³-hybridized carbons (Fsp3) is 0.345. The molecular weight excluding hydrogens is 591 g/mol. The molecule has 0 unspecified atom stereocenters. The zero-order chi connectivity index (χ0) is 32.0. The van der Waals surface area contributed by atoms with Gasteiger partial charge in [-0.1, -0.05) is 34.8 Å². The van der Waals surface area contributed by atoms with Crippen molar-refractivity contribution in [1.29, 1.82) is 0 Å². The molecular formula is C29H27F5N6O4. The number of benzene rings is 2. The highest BCUT2D eigenvalue weighted by molar-refractivity contribution is 6.09. The summed E-state index contributed by atoms with van der Waals surface area (Å²) in [5.41, 5.74) is 0.560. The van der Waals surface area contributed by atoms with Gasteiger partial charge < -0.3 is 10.2 Å². The van der Waals surface area contributed by atoms with Crippen molar-refractivity contribution in [3.8, 4) is 11.1 Å². The molecule has 0 saturated carbocycles. The molecule has 5 rings (SSSR count). The van der Waals surface area contributed by atoms with E-state index in [9.17, 15) is 36.7 Å². The molecule has 2 aliphatic rings. The molecule has 5 amide bonds. The topological polar surface area (TPSA) is 119 Å². The number of nitrogens with one attached hydrogen (secondary N) is 2. The second kappa shape index (κ2) is 11.4. The minimum absolute atomic E-state index is 0.0201. The lowest BCUT2D eigenvalue weighted by molar-refractivity contribution is -0.187. The summed E-state index contributed by atoms with van der Waals surface area (Å²) in [5.74, 6) is -3.21. The third-order valence-electron chi connectivity index (χ3n) is 8.11. The summed E-state index contributed by atoms with van der Waals surface area (Å²) in [5, 5.41) is 9.01. The molecule has 1 spiro atoms. The molecule has 10 nitrogen and oxygen atoms in total. The second-order valence-electron chi connectivity index (χ2n) is 10.7. The van der Waals surface area contributed by atoms with Crippen LogP contribution in [0.4, 0.5) is 26.8 Å². The molecule has 2 atom stereocenters. The number of carbonyl (C=O) groups is 4. The molecule has 2 N–H and O–H groups in total. The monoisotopic (exact) mass is 618 g/mol. The lowest BCUT2D eigenvalue weighted by Gasteiger charge is -2.32. The Hall–Kier alpha value is -4.82. The largest absolute Gasteiger partial charge is 0.408 e. The Morgan fingerprint density at radius 3 is 2.52 bits per heavy atom. The van der Waals surface area contributed by atoms with Gasteiger partial charge in [-0.05, 0) is 54.2 Å². The van der Waals surface area contributed by atoms with Gasteiger partial charge >= 0.3 is 12.2 Å². The first-order chi connectivity index (χ1) is 20.8. The van der Waals surface area contributed by atoms with Crippen molar-refractivity contribution in [2.45, 2.75) is 50.5 Å². The van der Waals surface area contributed by atoms with E-state index in [1.54, 1.807) is 12.1 Å². The molecule has 1 fully saturated rings. The Morgan fingerprint density at radius 2 is 1.86 bits per heavy atom. The van der Waals surface area contributed by atoms with Crippen molar-refractivity contribution in [1.82, 2.24) is 30.4 Å². The first-order valence-corrected chi connectivity index (χ1v) is 13.6. The zero-order valence-electron chi connectivity index (χ0n) is 23.5. The number of imide groups is 1. The van der Waals surface area contributed by atoms with Crippen LogP contribution in [0.1, 0.15) is 35.7 Å². The number of nitrogens with zero attached hydrogens (tertiary/aromatic N) is 4. The fourth-order valence-electron chi connectivity index (χ4n) is 5.63. The van der Waals surface area contributed by atoms with Gasteiger partial charge in [0, 0.05) is 19.2 Å². The molecule has 2 heterocycles. The first kappa shape index (κ1) is 30.6. The van der Waals surface area contributed by atoms with Crippen LogP contribution in [-0.2, 0) is 39.3 Å². The van der Waals surface area contributed by atoms with E-state index >= 15 is 4.48 Å². The number of aromatic amines is 1. The number of likely N-dealkylation sites (N-methyl/N-ethyl adjacent to an activating group) is 1. The Bertz CT molecular complexity index is 1620. The number of alkyl halides is 3. The summed E-state index contributed by atoms with van der Waals surface area (Å²) in [4.78, 5) is 52.6. The van der Waals surface area contributed by atoms with Crippen molar-refractivity contribution in [3.63, 3.8) is 0 Å².